The Labute approximate surface area is 136 Å². The van der Waals surface area contributed by atoms with E-state index in [2.05, 4.69) is 0 Å². The molecule has 2 aromatic carbocycles. The molecule has 118 valence electrons. The van der Waals surface area contributed by atoms with Crippen LogP contribution in [0.3, 0.4) is 0 Å². The number of carbonyl (C=O) groups excluding carboxylic acids is 1. The molecule has 0 spiro atoms. The minimum atomic E-state index is -0.962. The van der Waals surface area contributed by atoms with Crippen molar-refractivity contribution in [3.05, 3.63) is 69.8 Å². The third-order valence-electron chi connectivity index (χ3n) is 3.03. The minimum absolute atomic E-state index is 0.0908. The molecule has 0 saturated heterocycles. The molecule has 1 N–H and O–H groups in total. The van der Waals surface area contributed by atoms with E-state index >= 15 is 0 Å². The molecule has 0 radical (unpaired) electrons. The number of nitrogens with zero attached hydrogens (tertiary/aromatic N) is 1. The van der Waals surface area contributed by atoms with Crippen LogP contribution in [0.2, 0.25) is 0 Å². The highest BCUT2D eigenvalue weighted by Gasteiger charge is 2.18. The Hall–Kier alpha value is -2.67. The number of hydrogen-bond acceptors (Lipinski definition) is 5. The van der Waals surface area contributed by atoms with E-state index in [9.17, 15) is 19.7 Å². The number of ketones is 1. The molecule has 0 fully saturated rings. The van der Waals surface area contributed by atoms with Gasteiger partial charge in [0.15, 0.2) is 5.78 Å². The SMILES string of the molecule is O=C(O)CCSc1ccc(C(=O)c2ccccc2)cc1[N+](=O)[O-]. The maximum absolute atomic E-state index is 12.3. The van der Waals surface area contributed by atoms with Crippen molar-refractivity contribution in [3.63, 3.8) is 0 Å². The minimum Gasteiger partial charge on any atom is -0.481 e. The van der Waals surface area contributed by atoms with Gasteiger partial charge in [0.1, 0.15) is 0 Å². The molecule has 23 heavy (non-hydrogen) atoms. The molecule has 2 aromatic rings. The Morgan fingerprint density at radius 1 is 1.09 bits per heavy atom. The number of hydrogen-bond donors (Lipinski definition) is 1. The zero-order valence-corrected chi connectivity index (χ0v) is 12.8. The predicted octanol–water partition coefficient (Wildman–Crippen LogP) is 3.39. The largest absolute Gasteiger partial charge is 0.481 e. The number of carboxylic acid groups (broad SMARTS) is 1. The van der Waals surface area contributed by atoms with Gasteiger partial charge in [0, 0.05) is 22.9 Å². The molecule has 0 amide bonds. The average molecular weight is 331 g/mol. The van der Waals surface area contributed by atoms with E-state index in [0.717, 1.165) is 11.8 Å². The summed E-state index contributed by atoms with van der Waals surface area (Å²) in [6.45, 7) is 0. The van der Waals surface area contributed by atoms with Crippen molar-refractivity contribution in [2.24, 2.45) is 0 Å². The monoisotopic (exact) mass is 331 g/mol. The van der Waals surface area contributed by atoms with Gasteiger partial charge < -0.3 is 5.11 Å². The lowest BCUT2D eigenvalue weighted by atomic mass is 10.0. The van der Waals surface area contributed by atoms with Crippen LogP contribution in [-0.2, 0) is 4.79 Å². The van der Waals surface area contributed by atoms with Crippen LogP contribution in [-0.4, -0.2) is 27.5 Å². The molecule has 0 aromatic heterocycles. The first-order valence-electron chi connectivity index (χ1n) is 6.72. The fraction of sp³-hybridized carbons (Fsp3) is 0.125. The lowest BCUT2D eigenvalue weighted by Crippen LogP contribution is -2.03. The first-order valence-corrected chi connectivity index (χ1v) is 7.70. The van der Waals surface area contributed by atoms with Gasteiger partial charge in [-0.3, -0.25) is 19.7 Å². The third-order valence-corrected chi connectivity index (χ3v) is 4.09. The fourth-order valence-corrected chi connectivity index (χ4v) is 2.87. The number of carbonyl (C=O) groups is 2. The van der Waals surface area contributed by atoms with Gasteiger partial charge in [-0.05, 0) is 12.1 Å². The number of nitro groups is 1. The second-order valence-corrected chi connectivity index (χ2v) is 5.76. The summed E-state index contributed by atoms with van der Waals surface area (Å²) < 4.78 is 0. The molecule has 2 rings (SSSR count). The molecule has 0 aliphatic rings. The summed E-state index contributed by atoms with van der Waals surface area (Å²) in [5.74, 6) is -1.03. The van der Waals surface area contributed by atoms with Crippen molar-refractivity contribution in [1.29, 1.82) is 0 Å². The van der Waals surface area contributed by atoms with E-state index in [1.165, 1.54) is 18.2 Å². The number of aliphatic carboxylic acids is 1. The van der Waals surface area contributed by atoms with Crippen LogP contribution in [0.1, 0.15) is 22.3 Å². The van der Waals surface area contributed by atoms with Crippen LogP contribution >= 0.6 is 11.8 Å². The van der Waals surface area contributed by atoms with E-state index in [4.69, 9.17) is 5.11 Å². The van der Waals surface area contributed by atoms with Gasteiger partial charge >= 0.3 is 5.97 Å². The lowest BCUT2D eigenvalue weighted by Gasteiger charge is -2.05. The molecular weight excluding hydrogens is 318 g/mol. The van der Waals surface area contributed by atoms with Gasteiger partial charge in [0.25, 0.3) is 5.69 Å². The molecular formula is C16H13NO5S. The Balaban J connectivity index is 2.27. The van der Waals surface area contributed by atoms with Gasteiger partial charge in [-0.15, -0.1) is 11.8 Å². The summed E-state index contributed by atoms with van der Waals surface area (Å²) in [6.07, 6.45) is -0.0908. The van der Waals surface area contributed by atoms with Crippen molar-refractivity contribution in [2.45, 2.75) is 11.3 Å². The van der Waals surface area contributed by atoms with E-state index in [1.54, 1.807) is 30.3 Å². The van der Waals surface area contributed by atoms with E-state index in [0.29, 0.717) is 10.5 Å². The van der Waals surface area contributed by atoms with Crippen molar-refractivity contribution >= 4 is 29.2 Å². The fourth-order valence-electron chi connectivity index (χ4n) is 1.93. The number of carboxylic acids is 1. The highest BCUT2D eigenvalue weighted by Crippen LogP contribution is 2.31. The first-order chi connectivity index (χ1) is 11.0. The zero-order chi connectivity index (χ0) is 16.8. The summed E-state index contributed by atoms with van der Waals surface area (Å²) in [4.78, 5) is 33.8. The Morgan fingerprint density at radius 3 is 2.39 bits per heavy atom. The van der Waals surface area contributed by atoms with Crippen LogP contribution < -0.4 is 0 Å². The van der Waals surface area contributed by atoms with Crippen LogP contribution in [0.15, 0.2) is 53.4 Å². The van der Waals surface area contributed by atoms with Crippen LogP contribution in [0, 0.1) is 10.1 Å². The van der Waals surface area contributed by atoms with Crippen LogP contribution in [0.4, 0.5) is 5.69 Å². The second-order valence-electron chi connectivity index (χ2n) is 4.63. The molecule has 0 aliphatic heterocycles. The smallest absolute Gasteiger partial charge is 0.304 e. The standard InChI is InChI=1S/C16H13NO5S/c18-15(19)8-9-23-14-7-6-12(10-13(14)17(21)22)16(20)11-4-2-1-3-5-11/h1-7,10H,8-9H2,(H,18,19). The molecule has 0 atom stereocenters. The number of nitro benzene ring substituents is 1. The molecule has 7 heteroatoms. The Bertz CT molecular complexity index is 745. The predicted molar refractivity (Wildman–Crippen MR) is 85.9 cm³/mol. The van der Waals surface area contributed by atoms with Crippen LogP contribution in [0.5, 0.6) is 0 Å². The summed E-state index contributed by atoms with van der Waals surface area (Å²) in [7, 11) is 0. The zero-order valence-electron chi connectivity index (χ0n) is 12.0. The van der Waals surface area contributed by atoms with E-state index in [-0.39, 0.29) is 29.2 Å². The quantitative estimate of drug-likeness (QED) is 0.361. The summed E-state index contributed by atoms with van der Waals surface area (Å²) >= 11 is 1.09. The molecule has 0 aliphatic carbocycles. The molecule has 0 saturated carbocycles. The summed E-state index contributed by atoms with van der Waals surface area (Å²) in [5, 5.41) is 19.8. The second kappa shape index (κ2) is 7.55. The van der Waals surface area contributed by atoms with Gasteiger partial charge in [0.2, 0.25) is 0 Å². The third kappa shape index (κ3) is 4.40. The maximum atomic E-state index is 12.3. The van der Waals surface area contributed by atoms with E-state index in [1.807, 2.05) is 0 Å². The van der Waals surface area contributed by atoms with Gasteiger partial charge in [0.05, 0.1) is 16.2 Å². The maximum Gasteiger partial charge on any atom is 0.304 e. The van der Waals surface area contributed by atoms with Crippen molar-refractivity contribution in [2.75, 3.05) is 5.75 Å². The number of benzene rings is 2. The molecule has 6 nitrogen and oxygen atoms in total. The summed E-state index contributed by atoms with van der Waals surface area (Å²) in [5.41, 5.74) is 0.487. The van der Waals surface area contributed by atoms with Gasteiger partial charge in [-0.2, -0.15) is 0 Å². The first kappa shape index (κ1) is 16.7. The lowest BCUT2D eigenvalue weighted by molar-refractivity contribution is -0.387. The Morgan fingerprint density at radius 2 is 1.78 bits per heavy atom. The number of thioether (sulfide) groups is 1. The number of rotatable bonds is 7. The summed E-state index contributed by atoms with van der Waals surface area (Å²) in [6, 6.07) is 12.7. The van der Waals surface area contributed by atoms with Crippen molar-refractivity contribution in [1.82, 2.24) is 0 Å². The van der Waals surface area contributed by atoms with Gasteiger partial charge in [-0.25, -0.2) is 0 Å². The normalized spacial score (nSPS) is 10.3. The Kier molecular flexibility index (Phi) is 5.48. The van der Waals surface area contributed by atoms with Crippen LogP contribution in [0.25, 0.3) is 0 Å². The molecule has 0 heterocycles. The van der Waals surface area contributed by atoms with Crippen molar-refractivity contribution < 1.29 is 19.6 Å². The topological polar surface area (TPSA) is 97.5 Å². The van der Waals surface area contributed by atoms with Gasteiger partial charge in [-0.1, -0.05) is 30.3 Å². The highest BCUT2D eigenvalue weighted by atomic mass is 32.2. The average Bonchev–Trinajstić information content (AvgIpc) is 2.54. The van der Waals surface area contributed by atoms with Crippen molar-refractivity contribution in [3.8, 4) is 0 Å². The molecule has 0 unspecified atom stereocenters. The van der Waals surface area contributed by atoms with E-state index < -0.39 is 10.9 Å². The highest BCUT2D eigenvalue weighted by molar-refractivity contribution is 7.99. The molecule has 0 bridgehead atoms.